The van der Waals surface area contributed by atoms with Gasteiger partial charge in [-0.3, -0.25) is 9.78 Å². The van der Waals surface area contributed by atoms with Crippen LogP contribution in [0.25, 0.3) is 0 Å². The molecule has 0 spiro atoms. The van der Waals surface area contributed by atoms with E-state index in [1.54, 1.807) is 0 Å². The van der Waals surface area contributed by atoms with Gasteiger partial charge in [0.1, 0.15) is 0 Å². The monoisotopic (exact) mass is 276 g/mol. The smallest absolute Gasteiger partial charge is 0.217 e. The number of amides is 1. The number of pyridine rings is 1. The Balaban J connectivity index is 1.92. The van der Waals surface area contributed by atoms with Crippen molar-refractivity contribution >= 4 is 11.6 Å². The summed E-state index contributed by atoms with van der Waals surface area (Å²) in [5.74, 6) is 0.243. The summed E-state index contributed by atoms with van der Waals surface area (Å²) in [6, 6.07) is 4.12. The average molecular weight is 276 g/mol. The van der Waals surface area contributed by atoms with Crippen molar-refractivity contribution < 1.29 is 4.79 Å². The van der Waals surface area contributed by atoms with Crippen LogP contribution in [0.4, 0.5) is 5.69 Å². The number of aromatic nitrogens is 1. The quantitative estimate of drug-likeness (QED) is 0.855. The first kappa shape index (κ1) is 14.8. The molecule has 2 rings (SSSR count). The third-order valence-electron chi connectivity index (χ3n) is 4.06. The Morgan fingerprint density at radius 2 is 2.15 bits per heavy atom. The summed E-state index contributed by atoms with van der Waals surface area (Å²) in [4.78, 5) is 17.7. The molecule has 1 saturated heterocycles. The molecule has 0 bridgehead atoms. The van der Waals surface area contributed by atoms with Gasteiger partial charge in [-0.15, -0.1) is 0 Å². The number of nitrogens with two attached hydrogens (primary N) is 2. The zero-order valence-electron chi connectivity index (χ0n) is 12.1. The molecule has 1 aromatic rings. The van der Waals surface area contributed by atoms with Gasteiger partial charge in [0, 0.05) is 25.6 Å². The molecule has 0 aliphatic carbocycles. The summed E-state index contributed by atoms with van der Waals surface area (Å²) >= 11 is 0. The van der Waals surface area contributed by atoms with E-state index >= 15 is 0 Å². The molecule has 1 amide bonds. The Hall–Kier alpha value is -1.62. The summed E-state index contributed by atoms with van der Waals surface area (Å²) in [5, 5.41) is 0. The van der Waals surface area contributed by atoms with E-state index in [2.05, 4.69) is 22.9 Å². The van der Waals surface area contributed by atoms with Gasteiger partial charge < -0.3 is 16.4 Å². The van der Waals surface area contributed by atoms with Gasteiger partial charge in [0.25, 0.3) is 0 Å². The molecule has 0 unspecified atom stereocenters. The Labute approximate surface area is 120 Å². The van der Waals surface area contributed by atoms with E-state index in [-0.39, 0.29) is 11.9 Å². The maximum Gasteiger partial charge on any atom is 0.217 e. The lowest BCUT2D eigenvalue weighted by atomic mass is 9.93. The normalized spacial score (nSPS) is 18.0. The van der Waals surface area contributed by atoms with E-state index in [1.807, 2.05) is 12.3 Å². The molecule has 1 atom stereocenters. The zero-order chi connectivity index (χ0) is 14.5. The first-order valence-corrected chi connectivity index (χ1v) is 7.35. The molecule has 5 heteroatoms. The number of anilines is 1. The molecule has 1 fully saturated rings. The van der Waals surface area contributed by atoms with Crippen molar-refractivity contribution in [3.05, 3.63) is 24.0 Å². The molecule has 0 saturated carbocycles. The van der Waals surface area contributed by atoms with E-state index in [4.69, 9.17) is 11.5 Å². The minimum atomic E-state index is -0.192. The minimum absolute atomic E-state index is 0.0188. The zero-order valence-corrected chi connectivity index (χ0v) is 12.1. The number of hydrogen-bond donors (Lipinski definition) is 2. The number of carbonyl (C=O) groups excluding carboxylic acids is 1. The molecule has 5 nitrogen and oxygen atoms in total. The molecule has 4 N–H and O–H groups in total. The second-order valence-corrected chi connectivity index (χ2v) is 5.56. The van der Waals surface area contributed by atoms with Crippen LogP contribution >= 0.6 is 0 Å². The second-order valence-electron chi connectivity index (χ2n) is 5.56. The maximum absolute atomic E-state index is 10.9. The van der Waals surface area contributed by atoms with Crippen molar-refractivity contribution in [1.82, 2.24) is 4.98 Å². The van der Waals surface area contributed by atoms with E-state index in [9.17, 15) is 4.79 Å². The van der Waals surface area contributed by atoms with Gasteiger partial charge in [-0.2, -0.15) is 0 Å². The maximum atomic E-state index is 10.9. The van der Waals surface area contributed by atoms with Crippen LogP contribution in [-0.2, 0) is 4.79 Å². The molecule has 1 aromatic heterocycles. The van der Waals surface area contributed by atoms with Crippen molar-refractivity contribution in [2.75, 3.05) is 18.0 Å². The lowest BCUT2D eigenvalue weighted by Crippen LogP contribution is -2.35. The number of piperidine rings is 1. The average Bonchev–Trinajstić information content (AvgIpc) is 2.47. The predicted molar refractivity (Wildman–Crippen MR) is 80.2 cm³/mol. The highest BCUT2D eigenvalue weighted by atomic mass is 16.1. The summed E-state index contributed by atoms with van der Waals surface area (Å²) in [5.41, 5.74) is 13.3. The molecule has 1 aliphatic rings. The molecule has 20 heavy (non-hydrogen) atoms. The minimum Gasteiger partial charge on any atom is -0.370 e. The van der Waals surface area contributed by atoms with E-state index in [1.165, 1.54) is 0 Å². The van der Waals surface area contributed by atoms with E-state index in [0.29, 0.717) is 12.3 Å². The molecular weight excluding hydrogens is 252 g/mol. The van der Waals surface area contributed by atoms with Crippen molar-refractivity contribution in [1.29, 1.82) is 0 Å². The molecule has 2 heterocycles. The van der Waals surface area contributed by atoms with Crippen LogP contribution in [0.2, 0.25) is 0 Å². The first-order valence-electron chi connectivity index (χ1n) is 7.35. The summed E-state index contributed by atoms with van der Waals surface area (Å²) in [6.07, 6.45) is 5.33. The van der Waals surface area contributed by atoms with Crippen LogP contribution in [-0.4, -0.2) is 24.0 Å². The van der Waals surface area contributed by atoms with Crippen molar-refractivity contribution in [2.24, 2.45) is 17.4 Å². The largest absolute Gasteiger partial charge is 0.370 e. The van der Waals surface area contributed by atoms with Crippen LogP contribution in [0.5, 0.6) is 0 Å². The molecule has 0 radical (unpaired) electrons. The first-order chi connectivity index (χ1) is 9.60. The van der Waals surface area contributed by atoms with Gasteiger partial charge in [0.15, 0.2) is 0 Å². The van der Waals surface area contributed by atoms with Gasteiger partial charge in [0.05, 0.1) is 17.6 Å². The number of primary amides is 1. The number of carbonyl (C=O) groups is 1. The summed E-state index contributed by atoms with van der Waals surface area (Å²) in [6.45, 7) is 3.97. The number of nitrogens with zero attached hydrogens (tertiary/aromatic N) is 2. The van der Waals surface area contributed by atoms with E-state index in [0.717, 1.165) is 43.7 Å². The van der Waals surface area contributed by atoms with E-state index < -0.39 is 0 Å². The molecule has 1 aliphatic heterocycles. The van der Waals surface area contributed by atoms with Gasteiger partial charge in [0.2, 0.25) is 5.91 Å². The van der Waals surface area contributed by atoms with Crippen LogP contribution < -0.4 is 16.4 Å². The molecular formula is C15H24N4O. The molecule has 110 valence electrons. The van der Waals surface area contributed by atoms with Crippen molar-refractivity contribution in [2.45, 2.75) is 38.6 Å². The fourth-order valence-corrected chi connectivity index (χ4v) is 2.69. The summed E-state index contributed by atoms with van der Waals surface area (Å²) < 4.78 is 0. The van der Waals surface area contributed by atoms with Gasteiger partial charge in [-0.1, -0.05) is 6.92 Å². The lowest BCUT2D eigenvalue weighted by Gasteiger charge is -2.33. The highest BCUT2D eigenvalue weighted by molar-refractivity contribution is 5.74. The third kappa shape index (κ3) is 3.70. The standard InChI is InChI=1S/C15H24N4O/c1-2-13(16)14-4-3-12(10-18-14)19-7-5-11(6-8-19)9-15(17)20/h3-4,10-11,13H,2,5-9,16H2,1H3,(H2,17,20)/t13-/m0/s1. The van der Waals surface area contributed by atoms with Crippen molar-refractivity contribution in [3.63, 3.8) is 0 Å². The fraction of sp³-hybridized carbons (Fsp3) is 0.600. The third-order valence-corrected chi connectivity index (χ3v) is 4.06. The highest BCUT2D eigenvalue weighted by Crippen LogP contribution is 2.25. The van der Waals surface area contributed by atoms with Crippen LogP contribution in [0, 0.1) is 5.92 Å². The van der Waals surface area contributed by atoms with Gasteiger partial charge in [-0.05, 0) is 37.3 Å². The Kier molecular flexibility index (Phi) is 4.95. The second kappa shape index (κ2) is 6.70. The van der Waals surface area contributed by atoms with Crippen LogP contribution in [0.1, 0.15) is 44.3 Å². The highest BCUT2D eigenvalue weighted by Gasteiger charge is 2.21. The van der Waals surface area contributed by atoms with Crippen LogP contribution in [0.3, 0.4) is 0 Å². The van der Waals surface area contributed by atoms with Crippen molar-refractivity contribution in [3.8, 4) is 0 Å². The van der Waals surface area contributed by atoms with Gasteiger partial charge >= 0.3 is 0 Å². The van der Waals surface area contributed by atoms with Gasteiger partial charge in [-0.25, -0.2) is 0 Å². The predicted octanol–water partition coefficient (Wildman–Crippen LogP) is 1.58. The molecule has 0 aromatic carbocycles. The SMILES string of the molecule is CC[C@H](N)c1ccc(N2CCC(CC(N)=O)CC2)cn1. The fourth-order valence-electron chi connectivity index (χ4n) is 2.69. The summed E-state index contributed by atoms with van der Waals surface area (Å²) in [7, 11) is 0. The Morgan fingerprint density at radius 1 is 1.45 bits per heavy atom. The Morgan fingerprint density at radius 3 is 2.65 bits per heavy atom. The topological polar surface area (TPSA) is 85.2 Å². The number of rotatable bonds is 5. The lowest BCUT2D eigenvalue weighted by molar-refractivity contribution is -0.119. The number of hydrogen-bond acceptors (Lipinski definition) is 4. The van der Waals surface area contributed by atoms with Crippen LogP contribution in [0.15, 0.2) is 18.3 Å². The Bertz CT molecular complexity index is 438.